The van der Waals surface area contributed by atoms with Crippen molar-refractivity contribution in [3.05, 3.63) is 56.9 Å². The van der Waals surface area contributed by atoms with Gasteiger partial charge in [-0.15, -0.1) is 0 Å². The topological polar surface area (TPSA) is 59.8 Å². The fraction of sp³-hybridized carbons (Fsp3) is 0.455. The van der Waals surface area contributed by atoms with Crippen LogP contribution in [0, 0.1) is 12.3 Å². The molecule has 1 aliphatic carbocycles. The smallest absolute Gasteiger partial charge is 0.290 e. The molecule has 1 aliphatic heterocycles. The maximum Gasteiger partial charge on any atom is 0.290 e. The van der Waals surface area contributed by atoms with Gasteiger partial charge in [0.2, 0.25) is 0 Å². The summed E-state index contributed by atoms with van der Waals surface area (Å²) in [6.45, 7) is 7.37. The molecule has 4 rings (SSSR count). The Hall–Kier alpha value is -1.92. The van der Waals surface area contributed by atoms with E-state index < -0.39 is 0 Å². The lowest BCUT2D eigenvalue weighted by molar-refractivity contribution is -0.0238. The summed E-state index contributed by atoms with van der Waals surface area (Å²) in [7, 11) is 0. The second kappa shape index (κ2) is 7.16. The number of hydrogen-bond donors (Lipinski definition) is 0. The van der Waals surface area contributed by atoms with E-state index in [9.17, 15) is 9.59 Å². The van der Waals surface area contributed by atoms with Gasteiger partial charge in [0.25, 0.3) is 5.91 Å². The molecule has 0 spiro atoms. The lowest BCUT2D eigenvalue weighted by atomic mass is 9.76. The first kappa shape index (κ1) is 19.4. The van der Waals surface area contributed by atoms with Gasteiger partial charge >= 0.3 is 0 Å². The summed E-state index contributed by atoms with van der Waals surface area (Å²) in [4.78, 5) is 27.6. The number of carbonyl (C=O) groups is 2. The number of furan rings is 1. The van der Waals surface area contributed by atoms with Gasteiger partial charge in [0, 0.05) is 29.4 Å². The predicted octanol–water partition coefficient (Wildman–Crippen LogP) is 4.72. The van der Waals surface area contributed by atoms with Crippen LogP contribution in [-0.2, 0) is 11.2 Å². The van der Waals surface area contributed by atoms with E-state index in [0.717, 1.165) is 10.0 Å². The first-order valence-corrected chi connectivity index (χ1v) is 10.4. The summed E-state index contributed by atoms with van der Waals surface area (Å²) in [5.41, 5.74) is 2.18. The molecule has 1 saturated heterocycles. The van der Waals surface area contributed by atoms with Gasteiger partial charge in [-0.25, -0.2) is 0 Å². The van der Waals surface area contributed by atoms with Crippen molar-refractivity contribution in [1.29, 1.82) is 0 Å². The maximum atomic E-state index is 13.2. The number of ketones is 1. The third-order valence-corrected chi connectivity index (χ3v) is 6.10. The van der Waals surface area contributed by atoms with Gasteiger partial charge in [-0.2, -0.15) is 0 Å². The highest BCUT2D eigenvalue weighted by atomic mass is 79.9. The molecular formula is C22H24BrNO4. The molecular weight excluding hydrogens is 422 g/mol. The lowest BCUT2D eigenvalue weighted by Gasteiger charge is -2.32. The van der Waals surface area contributed by atoms with Crippen LogP contribution in [0.5, 0.6) is 0 Å². The number of morpholine rings is 1. The molecule has 0 radical (unpaired) electrons. The number of benzene rings is 1. The number of Topliss-reactive ketones (excluding diaryl/α,β-unsaturated/α-hetero) is 1. The summed E-state index contributed by atoms with van der Waals surface area (Å²) >= 11 is 3.44. The zero-order valence-corrected chi connectivity index (χ0v) is 18.0. The maximum absolute atomic E-state index is 13.2. The zero-order chi connectivity index (χ0) is 20.1. The van der Waals surface area contributed by atoms with Crippen LogP contribution in [0.3, 0.4) is 0 Å². The van der Waals surface area contributed by atoms with Crippen LogP contribution in [0.4, 0.5) is 0 Å². The Morgan fingerprint density at radius 2 is 1.93 bits per heavy atom. The molecule has 6 heteroatoms. The molecule has 2 aliphatic rings. The largest absolute Gasteiger partial charge is 0.455 e. The highest BCUT2D eigenvalue weighted by Gasteiger charge is 2.38. The molecule has 1 aromatic heterocycles. The second-order valence-electron chi connectivity index (χ2n) is 8.46. The molecule has 5 nitrogen and oxygen atoms in total. The van der Waals surface area contributed by atoms with Gasteiger partial charge < -0.3 is 14.1 Å². The average Bonchev–Trinajstić information content (AvgIpc) is 2.97. The van der Waals surface area contributed by atoms with Crippen LogP contribution in [0.15, 0.2) is 33.2 Å². The van der Waals surface area contributed by atoms with Crippen molar-refractivity contribution >= 4 is 27.6 Å². The molecule has 2 heterocycles. The van der Waals surface area contributed by atoms with Crippen molar-refractivity contribution < 1.29 is 18.7 Å². The first-order valence-electron chi connectivity index (χ1n) is 9.57. The normalized spacial score (nSPS) is 21.5. The Balaban J connectivity index is 1.58. The minimum absolute atomic E-state index is 0.0706. The Morgan fingerprint density at radius 1 is 1.21 bits per heavy atom. The minimum atomic E-state index is -0.170. The van der Waals surface area contributed by atoms with Gasteiger partial charge in [-0.05, 0) is 30.0 Å². The monoisotopic (exact) mass is 445 g/mol. The Morgan fingerprint density at radius 3 is 2.64 bits per heavy atom. The molecule has 0 saturated carbocycles. The van der Waals surface area contributed by atoms with E-state index in [2.05, 4.69) is 29.8 Å². The molecule has 28 heavy (non-hydrogen) atoms. The average molecular weight is 446 g/mol. The van der Waals surface area contributed by atoms with E-state index in [1.54, 1.807) is 4.90 Å². The van der Waals surface area contributed by atoms with Crippen LogP contribution >= 0.6 is 15.9 Å². The SMILES string of the molecule is Cc1c(C(=O)N2CCOC(c3ccc(Br)cc3)C2)oc2c1C(=O)CC(C)(C)C2. The van der Waals surface area contributed by atoms with Crippen LogP contribution in [0.2, 0.25) is 0 Å². The number of nitrogens with zero attached hydrogens (tertiary/aromatic N) is 1. The van der Waals surface area contributed by atoms with Gasteiger partial charge in [-0.3, -0.25) is 9.59 Å². The van der Waals surface area contributed by atoms with Crippen molar-refractivity contribution in [2.45, 2.75) is 39.7 Å². The molecule has 0 bridgehead atoms. The number of carbonyl (C=O) groups excluding carboxylic acids is 2. The number of hydrogen-bond acceptors (Lipinski definition) is 4. The summed E-state index contributed by atoms with van der Waals surface area (Å²) in [6.07, 6.45) is 0.987. The lowest BCUT2D eigenvalue weighted by Crippen LogP contribution is -2.42. The van der Waals surface area contributed by atoms with Crippen LogP contribution < -0.4 is 0 Å². The summed E-state index contributed by atoms with van der Waals surface area (Å²) in [6, 6.07) is 7.94. The van der Waals surface area contributed by atoms with Gasteiger partial charge in [0.05, 0.1) is 18.7 Å². The number of halogens is 1. The second-order valence-corrected chi connectivity index (χ2v) is 9.37. The molecule has 1 fully saturated rings. The molecule has 0 N–H and O–H groups in total. The molecule has 1 unspecified atom stereocenters. The summed E-state index contributed by atoms with van der Waals surface area (Å²) in [5, 5.41) is 0. The van der Waals surface area contributed by atoms with E-state index >= 15 is 0 Å². The molecule has 2 aromatic rings. The first-order chi connectivity index (χ1) is 13.2. The zero-order valence-electron chi connectivity index (χ0n) is 16.4. The quantitative estimate of drug-likeness (QED) is 0.670. The van der Waals surface area contributed by atoms with Crippen molar-refractivity contribution in [2.75, 3.05) is 19.7 Å². The predicted molar refractivity (Wildman–Crippen MR) is 109 cm³/mol. The van der Waals surface area contributed by atoms with Gasteiger partial charge in [0.1, 0.15) is 11.9 Å². The Bertz CT molecular complexity index is 929. The van der Waals surface area contributed by atoms with Crippen LogP contribution in [-0.4, -0.2) is 36.3 Å². The van der Waals surface area contributed by atoms with Crippen molar-refractivity contribution in [1.82, 2.24) is 4.90 Å². The number of amides is 1. The van der Waals surface area contributed by atoms with Crippen LogP contribution in [0.25, 0.3) is 0 Å². The fourth-order valence-corrected chi connectivity index (χ4v) is 4.41. The number of fused-ring (bicyclic) bond motifs is 1. The molecule has 1 atom stereocenters. The van der Waals surface area contributed by atoms with Crippen molar-refractivity contribution in [2.24, 2.45) is 5.41 Å². The highest BCUT2D eigenvalue weighted by molar-refractivity contribution is 9.10. The van der Waals surface area contributed by atoms with E-state index in [1.807, 2.05) is 31.2 Å². The van der Waals surface area contributed by atoms with E-state index in [0.29, 0.717) is 55.2 Å². The molecule has 148 valence electrons. The molecule has 1 aromatic carbocycles. The van der Waals surface area contributed by atoms with Gasteiger partial charge in [-0.1, -0.05) is 41.9 Å². The fourth-order valence-electron chi connectivity index (χ4n) is 4.14. The number of rotatable bonds is 2. The van der Waals surface area contributed by atoms with E-state index in [1.165, 1.54) is 0 Å². The third-order valence-electron chi connectivity index (χ3n) is 5.57. The van der Waals surface area contributed by atoms with Crippen molar-refractivity contribution in [3.8, 4) is 0 Å². The van der Waals surface area contributed by atoms with Crippen molar-refractivity contribution in [3.63, 3.8) is 0 Å². The standard InChI is InChI=1S/C22H24BrNO4/c1-13-19-16(25)10-22(2,3)11-17(19)28-20(13)21(26)24-8-9-27-18(12-24)14-4-6-15(23)7-5-14/h4-7,18H,8-12H2,1-3H3. The molecule has 1 amide bonds. The van der Waals surface area contributed by atoms with Gasteiger partial charge in [0.15, 0.2) is 11.5 Å². The Kier molecular flexibility index (Phi) is 4.96. The third kappa shape index (κ3) is 3.55. The number of ether oxygens (including phenoxy) is 1. The summed E-state index contributed by atoms with van der Waals surface area (Å²) in [5.74, 6) is 0.858. The highest BCUT2D eigenvalue weighted by Crippen LogP contribution is 2.39. The van der Waals surface area contributed by atoms with Crippen LogP contribution in [0.1, 0.15) is 64.2 Å². The Labute approximate surface area is 173 Å². The minimum Gasteiger partial charge on any atom is -0.455 e. The van der Waals surface area contributed by atoms with E-state index in [-0.39, 0.29) is 23.2 Å². The summed E-state index contributed by atoms with van der Waals surface area (Å²) < 4.78 is 12.8. The van der Waals surface area contributed by atoms with E-state index in [4.69, 9.17) is 9.15 Å².